The van der Waals surface area contributed by atoms with Gasteiger partial charge in [0, 0.05) is 0 Å². The summed E-state index contributed by atoms with van der Waals surface area (Å²) in [6.07, 6.45) is 10.0. The molecule has 2 aliphatic carbocycles. The van der Waals surface area contributed by atoms with Gasteiger partial charge in [0.1, 0.15) is 6.10 Å². The first-order chi connectivity index (χ1) is 5.40. The van der Waals surface area contributed by atoms with Crippen molar-refractivity contribution in [2.75, 3.05) is 0 Å². The van der Waals surface area contributed by atoms with Gasteiger partial charge in [0.25, 0.3) is 0 Å². The predicted molar refractivity (Wildman–Crippen MR) is 45.1 cm³/mol. The minimum Gasteiger partial charge on any atom is -0.498 e. The Balaban J connectivity index is 1.87. The number of ether oxygens (including phenoxy) is 1. The fraction of sp³-hybridized carbons (Fsp3) is 0.800. The van der Waals surface area contributed by atoms with Crippen LogP contribution in [0.15, 0.2) is 12.3 Å². The molecule has 0 saturated heterocycles. The van der Waals surface area contributed by atoms with E-state index in [1.807, 2.05) is 19.3 Å². The smallest absolute Gasteiger partial charge is 0.101 e. The molecule has 0 N–H and O–H groups in total. The Morgan fingerprint density at radius 3 is 2.73 bits per heavy atom. The molecule has 0 heterocycles. The molecule has 11 heavy (non-hydrogen) atoms. The van der Waals surface area contributed by atoms with Gasteiger partial charge in [0.15, 0.2) is 0 Å². The Kier molecular flexibility index (Phi) is 1.89. The zero-order valence-electron chi connectivity index (χ0n) is 7.12. The Labute approximate surface area is 68.4 Å². The van der Waals surface area contributed by atoms with E-state index in [1.165, 1.54) is 25.7 Å². The molecule has 0 aromatic heterocycles. The Hall–Kier alpha value is -0.460. The predicted octanol–water partition coefficient (Wildman–Crippen LogP) is 2.73. The highest BCUT2D eigenvalue weighted by Gasteiger charge is 2.40. The minimum atomic E-state index is 0.560. The maximum Gasteiger partial charge on any atom is 0.101 e. The molecule has 0 amide bonds. The summed E-state index contributed by atoms with van der Waals surface area (Å²) < 4.78 is 5.61. The maximum atomic E-state index is 5.61. The Bertz CT molecular complexity index is 162. The summed E-state index contributed by atoms with van der Waals surface area (Å²) in [6, 6.07) is 0. The molecule has 0 aromatic carbocycles. The van der Waals surface area contributed by atoms with Gasteiger partial charge in [-0.3, -0.25) is 0 Å². The molecule has 1 nitrogen and oxygen atoms in total. The van der Waals surface area contributed by atoms with Gasteiger partial charge in [-0.2, -0.15) is 0 Å². The molecule has 0 aromatic rings. The fourth-order valence-corrected chi connectivity index (χ4v) is 2.53. The molecule has 3 atom stereocenters. The summed E-state index contributed by atoms with van der Waals surface area (Å²) >= 11 is 0. The SMILES string of the molecule is C/C=C\O[C@H]1C[C@@H]2CC[C@H]1C2. The van der Waals surface area contributed by atoms with E-state index in [-0.39, 0.29) is 0 Å². The Morgan fingerprint density at radius 2 is 2.18 bits per heavy atom. The molecule has 2 saturated carbocycles. The van der Waals surface area contributed by atoms with Crippen molar-refractivity contribution < 1.29 is 4.74 Å². The average Bonchev–Trinajstić information content (AvgIpc) is 2.60. The summed E-state index contributed by atoms with van der Waals surface area (Å²) in [5.74, 6) is 1.88. The van der Waals surface area contributed by atoms with Crippen molar-refractivity contribution in [3.8, 4) is 0 Å². The van der Waals surface area contributed by atoms with Gasteiger partial charge >= 0.3 is 0 Å². The third-order valence-electron chi connectivity index (χ3n) is 3.06. The molecule has 1 heteroatoms. The average molecular weight is 152 g/mol. The monoisotopic (exact) mass is 152 g/mol. The zero-order valence-corrected chi connectivity index (χ0v) is 7.12. The van der Waals surface area contributed by atoms with Crippen LogP contribution in [-0.2, 0) is 4.74 Å². The highest BCUT2D eigenvalue weighted by molar-refractivity contribution is 4.91. The Morgan fingerprint density at radius 1 is 1.27 bits per heavy atom. The van der Waals surface area contributed by atoms with E-state index < -0.39 is 0 Å². The van der Waals surface area contributed by atoms with Crippen LogP contribution in [0.4, 0.5) is 0 Å². The first kappa shape index (κ1) is 7.20. The van der Waals surface area contributed by atoms with E-state index in [0.29, 0.717) is 6.10 Å². The second-order valence-electron chi connectivity index (χ2n) is 3.82. The number of hydrogen-bond acceptors (Lipinski definition) is 1. The first-order valence-electron chi connectivity index (χ1n) is 4.66. The normalized spacial score (nSPS) is 42.1. The summed E-state index contributed by atoms with van der Waals surface area (Å²) in [6.45, 7) is 2.01. The van der Waals surface area contributed by atoms with E-state index in [1.54, 1.807) is 0 Å². The van der Waals surface area contributed by atoms with Crippen LogP contribution in [0.3, 0.4) is 0 Å². The largest absolute Gasteiger partial charge is 0.498 e. The van der Waals surface area contributed by atoms with Crippen molar-refractivity contribution in [1.82, 2.24) is 0 Å². The number of hydrogen-bond donors (Lipinski definition) is 0. The summed E-state index contributed by atoms with van der Waals surface area (Å²) in [7, 11) is 0. The lowest BCUT2D eigenvalue weighted by molar-refractivity contribution is 0.0907. The standard InChI is InChI=1S/C10H16O/c1-2-5-11-10-7-8-3-4-9(10)6-8/h2,5,8-10H,3-4,6-7H2,1H3/b5-2-/t8-,9+,10+/m1/s1. The van der Waals surface area contributed by atoms with Gasteiger partial charge in [-0.1, -0.05) is 6.08 Å². The highest BCUT2D eigenvalue weighted by Crippen LogP contribution is 2.45. The molecular weight excluding hydrogens is 136 g/mol. The van der Waals surface area contributed by atoms with Gasteiger partial charge in [-0.15, -0.1) is 0 Å². The molecule has 62 valence electrons. The molecule has 2 rings (SSSR count). The van der Waals surface area contributed by atoms with Gasteiger partial charge in [-0.05, 0) is 44.4 Å². The molecule has 2 bridgehead atoms. The second-order valence-corrected chi connectivity index (χ2v) is 3.82. The lowest BCUT2D eigenvalue weighted by Crippen LogP contribution is -2.17. The van der Waals surface area contributed by atoms with Crippen LogP contribution in [-0.4, -0.2) is 6.10 Å². The third kappa shape index (κ3) is 1.29. The summed E-state index contributed by atoms with van der Waals surface area (Å²) in [5, 5.41) is 0. The first-order valence-corrected chi connectivity index (χ1v) is 4.66. The maximum absolute atomic E-state index is 5.61. The highest BCUT2D eigenvalue weighted by atomic mass is 16.5. The van der Waals surface area contributed by atoms with Gasteiger partial charge < -0.3 is 4.74 Å². The van der Waals surface area contributed by atoms with Crippen LogP contribution >= 0.6 is 0 Å². The van der Waals surface area contributed by atoms with Crippen molar-refractivity contribution in [2.45, 2.75) is 38.7 Å². The van der Waals surface area contributed by atoms with Crippen molar-refractivity contribution in [3.63, 3.8) is 0 Å². The lowest BCUT2D eigenvalue weighted by atomic mass is 9.98. The van der Waals surface area contributed by atoms with Crippen LogP contribution in [0.2, 0.25) is 0 Å². The summed E-state index contributed by atoms with van der Waals surface area (Å²) in [5.41, 5.74) is 0. The van der Waals surface area contributed by atoms with Crippen LogP contribution < -0.4 is 0 Å². The minimum absolute atomic E-state index is 0.560. The third-order valence-corrected chi connectivity index (χ3v) is 3.06. The molecule has 0 aliphatic heterocycles. The van der Waals surface area contributed by atoms with Crippen LogP contribution in [0, 0.1) is 11.8 Å². The van der Waals surface area contributed by atoms with Crippen LogP contribution in [0.25, 0.3) is 0 Å². The topological polar surface area (TPSA) is 9.23 Å². The zero-order chi connectivity index (χ0) is 7.68. The van der Waals surface area contributed by atoms with E-state index in [0.717, 1.165) is 11.8 Å². The molecule has 0 radical (unpaired) electrons. The molecule has 0 unspecified atom stereocenters. The van der Waals surface area contributed by atoms with Crippen molar-refractivity contribution in [2.24, 2.45) is 11.8 Å². The quantitative estimate of drug-likeness (QED) is 0.553. The van der Waals surface area contributed by atoms with Gasteiger partial charge in [-0.25, -0.2) is 0 Å². The van der Waals surface area contributed by atoms with E-state index >= 15 is 0 Å². The van der Waals surface area contributed by atoms with Crippen molar-refractivity contribution >= 4 is 0 Å². The fourth-order valence-electron chi connectivity index (χ4n) is 2.53. The van der Waals surface area contributed by atoms with Crippen LogP contribution in [0.1, 0.15) is 32.6 Å². The van der Waals surface area contributed by atoms with Gasteiger partial charge in [0.05, 0.1) is 6.26 Å². The lowest BCUT2D eigenvalue weighted by Gasteiger charge is -2.20. The van der Waals surface area contributed by atoms with E-state index in [9.17, 15) is 0 Å². The van der Waals surface area contributed by atoms with Crippen LogP contribution in [0.5, 0.6) is 0 Å². The number of rotatable bonds is 2. The second kappa shape index (κ2) is 2.88. The van der Waals surface area contributed by atoms with Gasteiger partial charge in [0.2, 0.25) is 0 Å². The molecule has 2 aliphatic rings. The molecule has 0 spiro atoms. The van der Waals surface area contributed by atoms with E-state index in [4.69, 9.17) is 4.74 Å². The van der Waals surface area contributed by atoms with Crippen molar-refractivity contribution in [1.29, 1.82) is 0 Å². The number of fused-ring (bicyclic) bond motifs is 2. The summed E-state index contributed by atoms with van der Waals surface area (Å²) in [4.78, 5) is 0. The van der Waals surface area contributed by atoms with Crippen molar-refractivity contribution in [3.05, 3.63) is 12.3 Å². The molecule has 2 fully saturated rings. The number of allylic oxidation sites excluding steroid dienone is 1. The van der Waals surface area contributed by atoms with E-state index in [2.05, 4.69) is 0 Å². The molecular formula is C10H16O.